The molecule has 0 spiro atoms. The third-order valence-electron chi connectivity index (χ3n) is 4.43. The molecular weight excluding hydrogens is 348 g/mol. The van der Waals surface area contributed by atoms with Crippen LogP contribution in [0.3, 0.4) is 0 Å². The van der Waals surface area contributed by atoms with E-state index < -0.39 is 0 Å². The zero-order chi connectivity index (χ0) is 18.7. The zero-order valence-corrected chi connectivity index (χ0v) is 15.8. The number of rotatable bonds is 6. The van der Waals surface area contributed by atoms with E-state index in [1.807, 2.05) is 31.2 Å². The van der Waals surface area contributed by atoms with Crippen LogP contribution in [-0.2, 0) is 4.79 Å². The van der Waals surface area contributed by atoms with Gasteiger partial charge in [0.15, 0.2) is 5.78 Å². The van der Waals surface area contributed by atoms with Gasteiger partial charge in [-0.1, -0.05) is 19.1 Å². The SMILES string of the molecule is CCCN1C[C@H](NC(=O)c2ccc(-c3ccc(C(C)=O)s3)cc2)CC1=O. The van der Waals surface area contributed by atoms with Crippen LogP contribution in [0.15, 0.2) is 36.4 Å². The van der Waals surface area contributed by atoms with E-state index in [4.69, 9.17) is 0 Å². The van der Waals surface area contributed by atoms with Crippen molar-refractivity contribution in [1.29, 1.82) is 0 Å². The summed E-state index contributed by atoms with van der Waals surface area (Å²) in [5.41, 5.74) is 1.54. The highest BCUT2D eigenvalue weighted by atomic mass is 32.1. The van der Waals surface area contributed by atoms with Crippen molar-refractivity contribution < 1.29 is 14.4 Å². The van der Waals surface area contributed by atoms with Crippen molar-refractivity contribution in [2.75, 3.05) is 13.1 Å². The molecule has 2 aromatic rings. The fraction of sp³-hybridized carbons (Fsp3) is 0.350. The molecule has 26 heavy (non-hydrogen) atoms. The van der Waals surface area contributed by atoms with Gasteiger partial charge in [0.05, 0.1) is 10.9 Å². The second-order valence-corrected chi connectivity index (χ2v) is 7.60. The van der Waals surface area contributed by atoms with Crippen molar-refractivity contribution in [1.82, 2.24) is 10.2 Å². The first-order valence-corrected chi connectivity index (χ1v) is 9.59. The number of nitrogens with zero attached hydrogens (tertiary/aromatic N) is 1. The smallest absolute Gasteiger partial charge is 0.251 e. The van der Waals surface area contributed by atoms with Crippen LogP contribution in [0.5, 0.6) is 0 Å². The Kier molecular flexibility index (Phi) is 5.52. The van der Waals surface area contributed by atoms with Gasteiger partial charge in [-0.05, 0) is 43.2 Å². The van der Waals surface area contributed by atoms with Crippen LogP contribution in [0, 0.1) is 0 Å². The van der Waals surface area contributed by atoms with Gasteiger partial charge in [0.1, 0.15) is 0 Å². The maximum Gasteiger partial charge on any atom is 0.251 e. The summed E-state index contributed by atoms with van der Waals surface area (Å²) in [4.78, 5) is 39.3. The van der Waals surface area contributed by atoms with Crippen LogP contribution in [0.4, 0.5) is 0 Å². The highest BCUT2D eigenvalue weighted by molar-refractivity contribution is 7.17. The summed E-state index contributed by atoms with van der Waals surface area (Å²) >= 11 is 1.45. The maximum absolute atomic E-state index is 12.4. The van der Waals surface area contributed by atoms with Crippen LogP contribution in [0.25, 0.3) is 10.4 Å². The highest BCUT2D eigenvalue weighted by Gasteiger charge is 2.30. The molecule has 1 aliphatic heterocycles. The second-order valence-electron chi connectivity index (χ2n) is 6.51. The minimum absolute atomic E-state index is 0.0560. The van der Waals surface area contributed by atoms with Gasteiger partial charge in [0, 0.05) is 30.0 Å². The summed E-state index contributed by atoms with van der Waals surface area (Å²) in [6, 6.07) is 10.9. The van der Waals surface area contributed by atoms with Crippen LogP contribution >= 0.6 is 11.3 Å². The quantitative estimate of drug-likeness (QED) is 0.793. The first kappa shape index (κ1) is 18.3. The lowest BCUT2D eigenvalue weighted by molar-refractivity contribution is -0.127. The number of amides is 2. The molecular formula is C20H22N2O3S. The molecule has 5 nitrogen and oxygen atoms in total. The van der Waals surface area contributed by atoms with Crippen molar-refractivity contribution in [2.24, 2.45) is 0 Å². The van der Waals surface area contributed by atoms with Gasteiger partial charge < -0.3 is 10.2 Å². The predicted molar refractivity (Wildman–Crippen MR) is 103 cm³/mol. The third-order valence-corrected chi connectivity index (χ3v) is 5.66. The number of carbonyl (C=O) groups excluding carboxylic acids is 3. The Labute approximate surface area is 157 Å². The summed E-state index contributed by atoms with van der Waals surface area (Å²) in [5.74, 6) is -0.00440. The average Bonchev–Trinajstić information content (AvgIpc) is 3.23. The van der Waals surface area contributed by atoms with Crippen molar-refractivity contribution in [2.45, 2.75) is 32.7 Å². The molecule has 1 N–H and O–H groups in total. The number of hydrogen-bond donors (Lipinski definition) is 1. The molecule has 1 aromatic heterocycles. The van der Waals surface area contributed by atoms with Crippen molar-refractivity contribution in [3.05, 3.63) is 46.8 Å². The molecule has 1 atom stereocenters. The Morgan fingerprint density at radius 3 is 2.54 bits per heavy atom. The van der Waals surface area contributed by atoms with E-state index in [-0.39, 0.29) is 23.6 Å². The number of nitrogens with one attached hydrogen (secondary N) is 1. The number of carbonyl (C=O) groups is 3. The van der Waals surface area contributed by atoms with E-state index in [1.165, 1.54) is 11.3 Å². The molecule has 1 saturated heterocycles. The fourth-order valence-corrected chi connectivity index (χ4v) is 4.00. The van der Waals surface area contributed by atoms with Gasteiger partial charge in [-0.25, -0.2) is 0 Å². The summed E-state index contributed by atoms with van der Waals surface area (Å²) < 4.78 is 0. The molecule has 0 radical (unpaired) electrons. The van der Waals surface area contributed by atoms with Crippen molar-refractivity contribution in [3.63, 3.8) is 0 Å². The normalized spacial score (nSPS) is 16.8. The van der Waals surface area contributed by atoms with E-state index >= 15 is 0 Å². The molecule has 6 heteroatoms. The van der Waals surface area contributed by atoms with Crippen LogP contribution in [-0.4, -0.2) is 41.6 Å². The Morgan fingerprint density at radius 1 is 1.19 bits per heavy atom. The number of hydrogen-bond acceptors (Lipinski definition) is 4. The maximum atomic E-state index is 12.4. The van der Waals surface area contributed by atoms with Crippen molar-refractivity contribution >= 4 is 28.9 Å². The van der Waals surface area contributed by atoms with E-state index in [1.54, 1.807) is 24.0 Å². The zero-order valence-electron chi connectivity index (χ0n) is 15.0. The van der Waals surface area contributed by atoms with E-state index in [0.717, 1.165) is 28.3 Å². The summed E-state index contributed by atoms with van der Waals surface area (Å²) in [6.45, 7) is 4.91. The lowest BCUT2D eigenvalue weighted by Gasteiger charge is -2.16. The monoisotopic (exact) mass is 370 g/mol. The standard InChI is InChI=1S/C20H22N2O3S/c1-3-10-22-12-16(11-19(22)24)21-20(25)15-6-4-14(5-7-15)18-9-8-17(26-18)13(2)23/h4-9,16H,3,10-12H2,1-2H3,(H,21,25)/t16-/m1/s1. The van der Waals surface area contributed by atoms with Gasteiger partial charge >= 0.3 is 0 Å². The van der Waals surface area contributed by atoms with E-state index in [0.29, 0.717) is 18.5 Å². The van der Waals surface area contributed by atoms with Crippen LogP contribution in [0.2, 0.25) is 0 Å². The number of ketones is 1. The van der Waals surface area contributed by atoms with Gasteiger partial charge in [0.2, 0.25) is 5.91 Å². The first-order chi connectivity index (χ1) is 12.5. The largest absolute Gasteiger partial charge is 0.347 e. The minimum atomic E-state index is -0.164. The highest BCUT2D eigenvalue weighted by Crippen LogP contribution is 2.28. The molecule has 0 saturated carbocycles. The van der Waals surface area contributed by atoms with Gasteiger partial charge in [-0.3, -0.25) is 14.4 Å². The number of thiophene rings is 1. The Morgan fingerprint density at radius 2 is 1.92 bits per heavy atom. The van der Waals surface area contributed by atoms with E-state index in [9.17, 15) is 14.4 Å². The number of likely N-dealkylation sites (tertiary alicyclic amines) is 1. The Balaban J connectivity index is 1.64. The molecule has 1 aliphatic rings. The summed E-state index contributed by atoms with van der Waals surface area (Å²) in [6.07, 6.45) is 1.29. The third kappa shape index (κ3) is 4.02. The average molecular weight is 370 g/mol. The van der Waals surface area contributed by atoms with E-state index in [2.05, 4.69) is 5.32 Å². The minimum Gasteiger partial charge on any atom is -0.347 e. The Hall–Kier alpha value is -2.47. The van der Waals surface area contributed by atoms with Gasteiger partial charge in [-0.15, -0.1) is 11.3 Å². The first-order valence-electron chi connectivity index (χ1n) is 8.77. The molecule has 0 unspecified atom stereocenters. The Bertz CT molecular complexity index is 826. The van der Waals surface area contributed by atoms with Gasteiger partial charge in [-0.2, -0.15) is 0 Å². The molecule has 3 rings (SSSR count). The summed E-state index contributed by atoms with van der Waals surface area (Å²) in [7, 11) is 0. The fourth-order valence-electron chi connectivity index (χ4n) is 3.09. The van der Waals surface area contributed by atoms with Gasteiger partial charge in [0.25, 0.3) is 5.91 Å². The number of benzene rings is 1. The van der Waals surface area contributed by atoms with Crippen LogP contribution in [0.1, 0.15) is 46.7 Å². The van der Waals surface area contributed by atoms with Crippen LogP contribution < -0.4 is 5.32 Å². The number of Topliss-reactive ketones (excluding diaryl/α,β-unsaturated/α-hetero) is 1. The molecule has 2 heterocycles. The predicted octanol–water partition coefficient (Wildman–Crippen LogP) is 3.36. The summed E-state index contributed by atoms with van der Waals surface area (Å²) in [5, 5.41) is 2.95. The molecule has 1 aromatic carbocycles. The molecule has 136 valence electrons. The molecule has 0 aliphatic carbocycles. The molecule has 0 bridgehead atoms. The topological polar surface area (TPSA) is 66.5 Å². The second kappa shape index (κ2) is 7.83. The lowest BCUT2D eigenvalue weighted by atomic mass is 10.1. The van der Waals surface area contributed by atoms with Crippen molar-refractivity contribution in [3.8, 4) is 10.4 Å². The molecule has 1 fully saturated rings. The lowest BCUT2D eigenvalue weighted by Crippen LogP contribution is -2.37. The molecule has 2 amide bonds.